The number of carbonyl (C=O) groups is 1. The van der Waals surface area contributed by atoms with Gasteiger partial charge in [0, 0.05) is 35.7 Å². The Morgan fingerprint density at radius 3 is 2.77 bits per heavy atom. The number of halogens is 2. The number of hydrogen-bond donors (Lipinski definition) is 1. The third-order valence-corrected chi connectivity index (χ3v) is 8.73. The molecule has 3 atom stereocenters. The van der Waals surface area contributed by atoms with Gasteiger partial charge in [0.15, 0.2) is 11.4 Å². The molecule has 3 aliphatic heterocycles. The average Bonchev–Trinajstić information content (AvgIpc) is 3.57. The van der Waals surface area contributed by atoms with E-state index in [2.05, 4.69) is 32.7 Å². The maximum absolute atomic E-state index is 13.4. The molecule has 3 saturated heterocycles. The van der Waals surface area contributed by atoms with E-state index in [0.29, 0.717) is 60.2 Å². The molecule has 0 unspecified atom stereocenters. The van der Waals surface area contributed by atoms with Crippen LogP contribution in [-0.4, -0.2) is 82.7 Å². The molecule has 11 nitrogen and oxygen atoms in total. The zero-order valence-electron chi connectivity index (χ0n) is 24.0. The summed E-state index contributed by atoms with van der Waals surface area (Å²) in [6, 6.07) is 4.91. The van der Waals surface area contributed by atoms with Gasteiger partial charge in [-0.1, -0.05) is 12.0 Å². The monoisotopic (exact) mass is 605 g/mol. The van der Waals surface area contributed by atoms with Crippen molar-refractivity contribution in [1.29, 1.82) is 0 Å². The SMILES string of the molecule is C#Cc1cnc(O[C@H]2C[C@@H](C(=O)O)N(c3nc(C)nc4c3oc3cc(C(F)F)ccc34)C2)c(N2CCOC3(COC3)[C@@H]2C)c1. The van der Waals surface area contributed by atoms with Crippen molar-refractivity contribution in [3.63, 3.8) is 0 Å². The Bertz CT molecular complexity index is 1820. The van der Waals surface area contributed by atoms with Gasteiger partial charge in [-0.2, -0.15) is 0 Å². The summed E-state index contributed by atoms with van der Waals surface area (Å²) in [6.07, 6.45) is 4.12. The second kappa shape index (κ2) is 10.6. The average molecular weight is 606 g/mol. The van der Waals surface area contributed by atoms with Crippen LogP contribution in [0.3, 0.4) is 0 Å². The van der Waals surface area contributed by atoms with Crippen molar-refractivity contribution in [2.75, 3.05) is 42.7 Å². The van der Waals surface area contributed by atoms with Crippen molar-refractivity contribution in [1.82, 2.24) is 15.0 Å². The van der Waals surface area contributed by atoms with E-state index < -0.39 is 30.1 Å². The number of terminal acetylenes is 1. The number of carboxylic acid groups (broad SMARTS) is 1. The normalized spacial score (nSPS) is 23.0. The molecule has 7 rings (SSSR count). The van der Waals surface area contributed by atoms with Crippen LogP contribution in [-0.2, 0) is 14.3 Å². The lowest BCUT2D eigenvalue weighted by molar-refractivity contribution is -0.228. The molecule has 13 heteroatoms. The fourth-order valence-electron chi connectivity index (χ4n) is 6.31. The molecule has 228 valence electrons. The second-order valence-corrected chi connectivity index (χ2v) is 11.4. The van der Waals surface area contributed by atoms with Crippen molar-refractivity contribution in [3.8, 4) is 18.2 Å². The van der Waals surface area contributed by atoms with Crippen LogP contribution in [0.2, 0.25) is 0 Å². The van der Waals surface area contributed by atoms with Gasteiger partial charge in [0.05, 0.1) is 32.4 Å². The standard InChI is InChI=1S/C31H29F2N5O6/c1-4-18-9-22(37-7-8-42-31(16(37)2)14-41-15-31)29(34-12-18)43-20-11-23(30(39)40)38(13-20)28-26-25(35-17(3)36-28)21-6-5-19(27(32)33)10-24(21)44-26/h1,5-6,9-10,12,16,20,23,27H,7-8,11,13-15H2,2-3H3,(H,39,40)/t16-,20-,23-/m0/s1. The highest BCUT2D eigenvalue weighted by molar-refractivity contribution is 6.06. The van der Waals surface area contributed by atoms with E-state index in [1.165, 1.54) is 18.2 Å². The molecule has 6 heterocycles. The summed E-state index contributed by atoms with van der Waals surface area (Å²) in [4.78, 5) is 29.9. The molecule has 44 heavy (non-hydrogen) atoms. The number of anilines is 2. The van der Waals surface area contributed by atoms with Crippen molar-refractivity contribution < 1.29 is 37.3 Å². The van der Waals surface area contributed by atoms with Gasteiger partial charge in [-0.25, -0.2) is 28.5 Å². The van der Waals surface area contributed by atoms with Crippen LogP contribution in [0.1, 0.15) is 36.7 Å². The zero-order chi connectivity index (χ0) is 30.7. The lowest BCUT2D eigenvalue weighted by Crippen LogP contribution is -2.68. The zero-order valence-corrected chi connectivity index (χ0v) is 24.0. The van der Waals surface area contributed by atoms with Gasteiger partial charge in [-0.15, -0.1) is 6.42 Å². The van der Waals surface area contributed by atoms with Crippen LogP contribution in [0.15, 0.2) is 34.9 Å². The molecule has 3 fully saturated rings. The first-order valence-corrected chi connectivity index (χ1v) is 14.3. The van der Waals surface area contributed by atoms with Gasteiger partial charge >= 0.3 is 5.97 Å². The number of aryl methyl sites for hydroxylation is 1. The molecule has 0 bridgehead atoms. The van der Waals surface area contributed by atoms with E-state index in [0.717, 1.165) is 0 Å². The Kier molecular flexibility index (Phi) is 6.78. The number of carboxylic acids is 1. The minimum Gasteiger partial charge on any atom is -0.480 e. The van der Waals surface area contributed by atoms with Crippen LogP contribution in [0.5, 0.6) is 5.88 Å². The molecule has 0 saturated carbocycles. The first kappa shape index (κ1) is 28.2. The summed E-state index contributed by atoms with van der Waals surface area (Å²) >= 11 is 0. The van der Waals surface area contributed by atoms with E-state index in [1.807, 2.05) is 6.07 Å². The van der Waals surface area contributed by atoms with E-state index in [1.54, 1.807) is 18.0 Å². The number of hydrogen-bond acceptors (Lipinski definition) is 10. The number of nitrogens with zero attached hydrogens (tertiary/aromatic N) is 5. The fourth-order valence-corrected chi connectivity index (χ4v) is 6.31. The van der Waals surface area contributed by atoms with Gasteiger partial charge in [0.25, 0.3) is 6.43 Å². The highest BCUT2D eigenvalue weighted by Gasteiger charge is 2.50. The number of rotatable bonds is 6. The molecular formula is C31H29F2N5O6. The fraction of sp³-hybridized carbons (Fsp3) is 0.419. The van der Waals surface area contributed by atoms with Crippen LogP contribution in [0.25, 0.3) is 22.1 Å². The summed E-state index contributed by atoms with van der Waals surface area (Å²) in [5, 5.41) is 10.8. The topological polar surface area (TPSA) is 123 Å². The number of pyridine rings is 1. The molecule has 0 aliphatic carbocycles. The third kappa shape index (κ3) is 4.56. The van der Waals surface area contributed by atoms with Crippen LogP contribution in [0.4, 0.5) is 20.3 Å². The maximum atomic E-state index is 13.4. The minimum atomic E-state index is -2.67. The summed E-state index contributed by atoms with van der Waals surface area (Å²) < 4.78 is 50.8. The predicted molar refractivity (Wildman–Crippen MR) is 155 cm³/mol. The number of morpholine rings is 1. The smallest absolute Gasteiger partial charge is 0.326 e. The minimum absolute atomic E-state index is 0.0510. The molecule has 0 amide bonds. The first-order chi connectivity index (χ1) is 21.2. The van der Waals surface area contributed by atoms with Crippen molar-refractivity contribution in [2.45, 2.75) is 50.5 Å². The highest BCUT2D eigenvalue weighted by atomic mass is 19.3. The number of ether oxygens (including phenoxy) is 3. The molecule has 1 aromatic carbocycles. The van der Waals surface area contributed by atoms with Crippen molar-refractivity contribution in [3.05, 3.63) is 47.4 Å². The Balaban J connectivity index is 1.23. The lowest BCUT2D eigenvalue weighted by Gasteiger charge is -2.53. The number of aliphatic carboxylic acids is 1. The van der Waals surface area contributed by atoms with Gasteiger partial charge < -0.3 is 33.5 Å². The Morgan fingerprint density at radius 2 is 2.07 bits per heavy atom. The predicted octanol–water partition coefficient (Wildman–Crippen LogP) is 4.10. The molecule has 0 radical (unpaired) electrons. The lowest BCUT2D eigenvalue weighted by atomic mass is 9.90. The summed E-state index contributed by atoms with van der Waals surface area (Å²) in [6.45, 7) is 5.94. The summed E-state index contributed by atoms with van der Waals surface area (Å²) in [5.41, 5.74) is 1.51. The number of aromatic nitrogens is 3. The third-order valence-electron chi connectivity index (χ3n) is 8.73. The maximum Gasteiger partial charge on any atom is 0.326 e. The van der Waals surface area contributed by atoms with Crippen LogP contribution >= 0.6 is 0 Å². The molecular weight excluding hydrogens is 576 g/mol. The van der Waals surface area contributed by atoms with E-state index in [9.17, 15) is 18.7 Å². The largest absolute Gasteiger partial charge is 0.480 e. The quantitative estimate of drug-likeness (QED) is 0.320. The summed E-state index contributed by atoms with van der Waals surface area (Å²) in [5.74, 6) is 2.53. The first-order valence-electron chi connectivity index (χ1n) is 14.3. The Hall–Kier alpha value is -4.54. The van der Waals surface area contributed by atoms with Crippen molar-refractivity contribution in [2.24, 2.45) is 0 Å². The number of benzene rings is 1. The van der Waals surface area contributed by atoms with Gasteiger partial charge in [0.1, 0.15) is 40.4 Å². The molecule has 1 N–H and O–H groups in total. The number of alkyl halides is 2. The Labute approximate surface area is 250 Å². The van der Waals surface area contributed by atoms with E-state index >= 15 is 0 Å². The molecule has 4 aromatic rings. The van der Waals surface area contributed by atoms with E-state index in [-0.39, 0.29) is 41.6 Å². The van der Waals surface area contributed by atoms with E-state index in [4.69, 9.17) is 25.1 Å². The van der Waals surface area contributed by atoms with Gasteiger partial charge in [-0.3, -0.25) is 0 Å². The van der Waals surface area contributed by atoms with Crippen LogP contribution in [0, 0.1) is 19.3 Å². The summed E-state index contributed by atoms with van der Waals surface area (Å²) in [7, 11) is 0. The van der Waals surface area contributed by atoms with Crippen LogP contribution < -0.4 is 14.5 Å². The molecule has 3 aliphatic rings. The van der Waals surface area contributed by atoms with Gasteiger partial charge in [0.2, 0.25) is 5.88 Å². The number of fused-ring (bicyclic) bond motifs is 3. The second-order valence-electron chi connectivity index (χ2n) is 11.4. The molecule has 3 aromatic heterocycles. The Morgan fingerprint density at radius 1 is 1.25 bits per heavy atom. The highest BCUT2D eigenvalue weighted by Crippen LogP contribution is 2.41. The number of furan rings is 1. The van der Waals surface area contributed by atoms with Crippen molar-refractivity contribution >= 4 is 39.5 Å². The van der Waals surface area contributed by atoms with Gasteiger partial charge in [-0.05, 0) is 32.0 Å². The molecule has 1 spiro atoms.